The van der Waals surface area contributed by atoms with E-state index in [4.69, 9.17) is 14.2 Å². The van der Waals surface area contributed by atoms with E-state index in [1.54, 1.807) is 12.1 Å². The van der Waals surface area contributed by atoms with E-state index in [9.17, 15) is 14.7 Å². The number of methoxy groups -OCH3 is 1. The van der Waals surface area contributed by atoms with Crippen LogP contribution in [0.2, 0.25) is 0 Å². The van der Waals surface area contributed by atoms with E-state index in [0.717, 1.165) is 0 Å². The number of carboxylic acids is 1. The van der Waals surface area contributed by atoms with Gasteiger partial charge >= 0.3 is 5.97 Å². The average Bonchev–Trinajstić information content (AvgIpc) is 2.97. The minimum atomic E-state index is -1.37. The van der Waals surface area contributed by atoms with E-state index in [2.05, 4.69) is 5.32 Å². The molecular formula is C15H19NO6. The number of carbonyl (C=O) groups excluding carboxylic acids is 1. The van der Waals surface area contributed by atoms with Crippen LogP contribution in [-0.4, -0.2) is 49.5 Å². The first kappa shape index (κ1) is 16.1. The largest absolute Gasteiger partial charge is 0.493 e. The first-order valence-corrected chi connectivity index (χ1v) is 6.97. The van der Waals surface area contributed by atoms with E-state index < -0.39 is 17.4 Å². The molecular weight excluding hydrogens is 290 g/mol. The third-order valence-corrected chi connectivity index (χ3v) is 3.51. The Kier molecular flexibility index (Phi) is 4.87. The van der Waals surface area contributed by atoms with Crippen molar-refractivity contribution in [3.05, 3.63) is 23.8 Å². The smallest absolute Gasteiger partial charge is 0.331 e. The molecule has 0 radical (unpaired) electrons. The number of aliphatic carboxylic acids is 1. The quantitative estimate of drug-likeness (QED) is 0.816. The zero-order chi connectivity index (χ0) is 16.2. The molecule has 7 nitrogen and oxygen atoms in total. The molecule has 7 heteroatoms. The number of carbonyl (C=O) groups is 2. The van der Waals surface area contributed by atoms with Crippen LogP contribution in [0.15, 0.2) is 18.2 Å². The minimum absolute atomic E-state index is 0.0394. The second kappa shape index (κ2) is 6.65. The fraction of sp³-hybridized carbons (Fsp3) is 0.467. The lowest BCUT2D eigenvalue weighted by Crippen LogP contribution is -2.55. The van der Waals surface area contributed by atoms with Crippen molar-refractivity contribution in [2.75, 3.05) is 26.9 Å². The predicted molar refractivity (Wildman–Crippen MR) is 77.4 cm³/mol. The Labute approximate surface area is 128 Å². The van der Waals surface area contributed by atoms with Gasteiger partial charge in [-0.2, -0.15) is 0 Å². The summed E-state index contributed by atoms with van der Waals surface area (Å²) in [5.74, 6) is -0.647. The van der Waals surface area contributed by atoms with Crippen molar-refractivity contribution in [2.45, 2.75) is 18.9 Å². The van der Waals surface area contributed by atoms with Crippen molar-refractivity contribution < 1.29 is 28.9 Å². The molecule has 1 aromatic carbocycles. The lowest BCUT2D eigenvalue weighted by atomic mass is 9.98. The Morgan fingerprint density at radius 3 is 2.73 bits per heavy atom. The van der Waals surface area contributed by atoms with Crippen LogP contribution in [0.1, 0.15) is 23.7 Å². The molecule has 1 atom stereocenters. The van der Waals surface area contributed by atoms with Gasteiger partial charge < -0.3 is 24.6 Å². The summed E-state index contributed by atoms with van der Waals surface area (Å²) in [5, 5.41) is 11.9. The van der Waals surface area contributed by atoms with Gasteiger partial charge in [0.1, 0.15) is 0 Å². The summed E-state index contributed by atoms with van der Waals surface area (Å²) in [5.41, 5.74) is -1.07. The lowest BCUT2D eigenvalue weighted by Gasteiger charge is -2.23. The maximum absolute atomic E-state index is 12.3. The number of carboxylic acid groups (broad SMARTS) is 1. The van der Waals surface area contributed by atoms with E-state index in [-0.39, 0.29) is 13.0 Å². The molecule has 1 fully saturated rings. The van der Waals surface area contributed by atoms with E-state index in [1.165, 1.54) is 13.2 Å². The van der Waals surface area contributed by atoms with Crippen molar-refractivity contribution >= 4 is 11.9 Å². The van der Waals surface area contributed by atoms with Crippen molar-refractivity contribution in [1.82, 2.24) is 5.32 Å². The highest BCUT2D eigenvalue weighted by molar-refractivity contribution is 5.98. The third kappa shape index (κ3) is 3.14. The number of amides is 1. The third-order valence-electron chi connectivity index (χ3n) is 3.51. The Balaban J connectivity index is 2.20. The second-order valence-corrected chi connectivity index (χ2v) is 4.94. The number of benzene rings is 1. The Morgan fingerprint density at radius 2 is 2.18 bits per heavy atom. The fourth-order valence-corrected chi connectivity index (χ4v) is 2.26. The average molecular weight is 309 g/mol. The van der Waals surface area contributed by atoms with Crippen LogP contribution in [0.25, 0.3) is 0 Å². The molecule has 2 rings (SSSR count). The van der Waals surface area contributed by atoms with Crippen molar-refractivity contribution in [2.24, 2.45) is 0 Å². The minimum Gasteiger partial charge on any atom is -0.493 e. The van der Waals surface area contributed by atoms with Gasteiger partial charge in [0.25, 0.3) is 5.91 Å². The summed E-state index contributed by atoms with van der Waals surface area (Å²) >= 11 is 0. The molecule has 1 heterocycles. The van der Waals surface area contributed by atoms with Gasteiger partial charge in [0.15, 0.2) is 17.0 Å². The van der Waals surface area contributed by atoms with Gasteiger partial charge in [-0.15, -0.1) is 0 Å². The highest BCUT2D eigenvalue weighted by Gasteiger charge is 2.44. The highest BCUT2D eigenvalue weighted by Crippen LogP contribution is 2.28. The number of rotatable bonds is 6. The van der Waals surface area contributed by atoms with Crippen molar-refractivity contribution in [3.63, 3.8) is 0 Å². The number of nitrogens with one attached hydrogen (secondary N) is 1. The standard InChI is InChI=1S/C15H19NO6/c1-3-22-11-5-4-10(8-12(11)20-2)13(17)16-15(14(18)19)6-7-21-9-15/h4-5,8H,3,6-7,9H2,1-2H3,(H,16,17)(H,18,19). The Morgan fingerprint density at radius 1 is 1.41 bits per heavy atom. The Hall–Kier alpha value is -2.28. The van der Waals surface area contributed by atoms with Crippen molar-refractivity contribution in [1.29, 1.82) is 0 Å². The topological polar surface area (TPSA) is 94.1 Å². The van der Waals surface area contributed by atoms with Gasteiger partial charge in [0.2, 0.25) is 0 Å². The maximum Gasteiger partial charge on any atom is 0.331 e. The molecule has 22 heavy (non-hydrogen) atoms. The zero-order valence-corrected chi connectivity index (χ0v) is 12.5. The highest BCUT2D eigenvalue weighted by atomic mass is 16.5. The monoisotopic (exact) mass is 309 g/mol. The zero-order valence-electron chi connectivity index (χ0n) is 12.5. The van der Waals surface area contributed by atoms with E-state index in [0.29, 0.717) is 30.3 Å². The van der Waals surface area contributed by atoms with Crippen LogP contribution in [0.5, 0.6) is 11.5 Å². The first-order valence-electron chi connectivity index (χ1n) is 6.97. The van der Waals surface area contributed by atoms with Gasteiger partial charge in [-0.25, -0.2) is 4.79 Å². The van der Waals surface area contributed by atoms with Gasteiger partial charge in [0.05, 0.1) is 20.3 Å². The van der Waals surface area contributed by atoms with Crippen LogP contribution >= 0.6 is 0 Å². The molecule has 0 aliphatic carbocycles. The maximum atomic E-state index is 12.3. The molecule has 120 valence electrons. The lowest BCUT2D eigenvalue weighted by molar-refractivity contribution is -0.144. The van der Waals surface area contributed by atoms with Crippen LogP contribution in [-0.2, 0) is 9.53 Å². The Bertz CT molecular complexity index is 565. The molecule has 1 unspecified atom stereocenters. The van der Waals surface area contributed by atoms with Crippen LogP contribution < -0.4 is 14.8 Å². The molecule has 1 amide bonds. The first-order chi connectivity index (χ1) is 10.5. The fourth-order valence-electron chi connectivity index (χ4n) is 2.26. The normalized spacial score (nSPS) is 20.5. The predicted octanol–water partition coefficient (Wildman–Crippen LogP) is 1.07. The SMILES string of the molecule is CCOc1ccc(C(=O)NC2(C(=O)O)CCOC2)cc1OC. The summed E-state index contributed by atoms with van der Waals surface area (Å²) in [6, 6.07) is 4.70. The van der Waals surface area contributed by atoms with E-state index >= 15 is 0 Å². The molecule has 1 aliphatic heterocycles. The van der Waals surface area contributed by atoms with E-state index in [1.807, 2.05) is 6.92 Å². The molecule has 1 aromatic rings. The molecule has 1 saturated heterocycles. The molecule has 2 N–H and O–H groups in total. The van der Waals surface area contributed by atoms with Gasteiger partial charge in [-0.05, 0) is 25.1 Å². The van der Waals surface area contributed by atoms with Crippen LogP contribution in [0.3, 0.4) is 0 Å². The molecule has 0 bridgehead atoms. The van der Waals surface area contributed by atoms with Crippen LogP contribution in [0, 0.1) is 0 Å². The van der Waals surface area contributed by atoms with Crippen LogP contribution in [0.4, 0.5) is 0 Å². The van der Waals surface area contributed by atoms with Gasteiger partial charge in [0, 0.05) is 18.6 Å². The molecule has 0 aromatic heterocycles. The summed E-state index contributed by atoms with van der Waals surface area (Å²) in [6.45, 7) is 2.58. The summed E-state index contributed by atoms with van der Waals surface area (Å²) in [6.07, 6.45) is 0.238. The van der Waals surface area contributed by atoms with Gasteiger partial charge in [-0.1, -0.05) is 0 Å². The summed E-state index contributed by atoms with van der Waals surface area (Å²) < 4.78 is 15.7. The van der Waals surface area contributed by atoms with Crippen molar-refractivity contribution in [3.8, 4) is 11.5 Å². The number of hydrogen-bond acceptors (Lipinski definition) is 5. The second-order valence-electron chi connectivity index (χ2n) is 4.94. The van der Waals surface area contributed by atoms with Gasteiger partial charge in [-0.3, -0.25) is 4.79 Å². The summed E-state index contributed by atoms with van der Waals surface area (Å²) in [4.78, 5) is 23.7. The molecule has 1 aliphatic rings. The summed E-state index contributed by atoms with van der Waals surface area (Å²) in [7, 11) is 1.48. The molecule has 0 saturated carbocycles. The molecule has 0 spiro atoms. The number of ether oxygens (including phenoxy) is 3. The number of hydrogen-bond donors (Lipinski definition) is 2.